The first-order valence-electron chi connectivity index (χ1n) is 9.34. The lowest BCUT2D eigenvalue weighted by Gasteiger charge is -2.20. The number of rotatable bonds is 4. The molecule has 0 bridgehead atoms. The van der Waals surface area contributed by atoms with Crippen LogP contribution in [-0.4, -0.2) is 48.9 Å². The van der Waals surface area contributed by atoms with Crippen molar-refractivity contribution >= 4 is 35.1 Å². The molecular formula is C21H22ClN3O4. The fraction of sp³-hybridized carbons (Fsp3) is 0.286. The SMILES string of the molecule is CC(=O)Oc1ccccc1C(=O)Nc1cc(C(=O)N2CCCNCC2)ccc1Cl. The molecule has 1 fully saturated rings. The molecule has 0 unspecified atom stereocenters. The maximum atomic E-state index is 12.8. The average Bonchev–Trinajstić information content (AvgIpc) is 2.98. The maximum absolute atomic E-state index is 12.8. The van der Waals surface area contributed by atoms with E-state index in [2.05, 4.69) is 10.6 Å². The van der Waals surface area contributed by atoms with Crippen molar-refractivity contribution in [3.05, 3.63) is 58.6 Å². The van der Waals surface area contributed by atoms with E-state index in [0.717, 1.165) is 19.5 Å². The first kappa shape index (κ1) is 20.8. The van der Waals surface area contributed by atoms with Crippen LogP contribution in [0.5, 0.6) is 5.75 Å². The molecule has 7 nitrogen and oxygen atoms in total. The highest BCUT2D eigenvalue weighted by Crippen LogP contribution is 2.26. The summed E-state index contributed by atoms with van der Waals surface area (Å²) in [5, 5.41) is 6.27. The molecule has 8 heteroatoms. The summed E-state index contributed by atoms with van der Waals surface area (Å²) < 4.78 is 5.09. The summed E-state index contributed by atoms with van der Waals surface area (Å²) in [7, 11) is 0. The summed E-state index contributed by atoms with van der Waals surface area (Å²) in [6.45, 7) is 4.19. The van der Waals surface area contributed by atoms with Gasteiger partial charge in [-0.3, -0.25) is 14.4 Å². The van der Waals surface area contributed by atoms with Crippen molar-refractivity contribution in [1.82, 2.24) is 10.2 Å². The summed E-state index contributed by atoms with van der Waals surface area (Å²) in [6.07, 6.45) is 0.885. The van der Waals surface area contributed by atoms with Gasteiger partial charge in [0, 0.05) is 32.1 Å². The Morgan fingerprint density at radius 1 is 1.10 bits per heavy atom. The Bertz CT molecular complexity index is 924. The van der Waals surface area contributed by atoms with Gasteiger partial charge in [0.2, 0.25) is 0 Å². The number of nitrogens with zero attached hydrogens (tertiary/aromatic N) is 1. The smallest absolute Gasteiger partial charge is 0.308 e. The van der Waals surface area contributed by atoms with Gasteiger partial charge in [-0.2, -0.15) is 0 Å². The van der Waals surface area contributed by atoms with Crippen molar-refractivity contribution in [2.45, 2.75) is 13.3 Å². The fourth-order valence-electron chi connectivity index (χ4n) is 3.07. The highest BCUT2D eigenvalue weighted by atomic mass is 35.5. The first-order valence-corrected chi connectivity index (χ1v) is 9.72. The van der Waals surface area contributed by atoms with Crippen LogP contribution in [-0.2, 0) is 4.79 Å². The lowest BCUT2D eigenvalue weighted by Crippen LogP contribution is -2.34. The fourth-order valence-corrected chi connectivity index (χ4v) is 3.24. The summed E-state index contributed by atoms with van der Waals surface area (Å²) >= 11 is 6.23. The lowest BCUT2D eigenvalue weighted by atomic mass is 10.1. The van der Waals surface area contributed by atoms with Crippen LogP contribution in [0.4, 0.5) is 5.69 Å². The third-order valence-electron chi connectivity index (χ3n) is 4.47. The van der Waals surface area contributed by atoms with Gasteiger partial charge in [0.25, 0.3) is 11.8 Å². The standard InChI is InChI=1S/C21H22ClN3O4/c1-14(26)29-19-6-3-2-5-16(19)20(27)24-18-13-15(7-8-17(18)22)21(28)25-11-4-9-23-10-12-25/h2-3,5-8,13,23H,4,9-12H2,1H3,(H,24,27). The minimum absolute atomic E-state index is 0.110. The van der Waals surface area contributed by atoms with Gasteiger partial charge in [-0.25, -0.2) is 0 Å². The monoisotopic (exact) mass is 415 g/mol. The number of carbonyl (C=O) groups excluding carboxylic acids is 3. The molecule has 2 aromatic carbocycles. The van der Waals surface area contributed by atoms with Crippen LogP contribution in [0.2, 0.25) is 5.02 Å². The third-order valence-corrected chi connectivity index (χ3v) is 4.80. The second kappa shape index (κ2) is 9.54. The largest absolute Gasteiger partial charge is 0.426 e. The molecule has 0 spiro atoms. The zero-order chi connectivity index (χ0) is 20.8. The van der Waals surface area contributed by atoms with Crippen molar-refractivity contribution in [2.24, 2.45) is 0 Å². The number of ether oxygens (including phenoxy) is 1. The van der Waals surface area contributed by atoms with E-state index in [1.165, 1.54) is 13.0 Å². The van der Waals surface area contributed by atoms with E-state index in [1.54, 1.807) is 41.3 Å². The summed E-state index contributed by atoms with van der Waals surface area (Å²) in [5.74, 6) is -0.978. The maximum Gasteiger partial charge on any atom is 0.308 e. The van der Waals surface area contributed by atoms with Crippen LogP contribution in [0.15, 0.2) is 42.5 Å². The average molecular weight is 416 g/mol. The van der Waals surface area contributed by atoms with E-state index in [9.17, 15) is 14.4 Å². The van der Waals surface area contributed by atoms with Crippen molar-refractivity contribution in [3.8, 4) is 5.75 Å². The highest BCUT2D eigenvalue weighted by Gasteiger charge is 2.20. The van der Waals surface area contributed by atoms with Gasteiger partial charge in [-0.1, -0.05) is 23.7 Å². The van der Waals surface area contributed by atoms with E-state index in [-0.39, 0.29) is 17.2 Å². The quantitative estimate of drug-likeness (QED) is 0.592. The number of hydrogen-bond acceptors (Lipinski definition) is 5. The Kier molecular flexibility index (Phi) is 6.85. The van der Waals surface area contributed by atoms with Crippen LogP contribution in [0.25, 0.3) is 0 Å². The Morgan fingerprint density at radius 3 is 2.69 bits per heavy atom. The van der Waals surface area contributed by atoms with Gasteiger partial charge in [-0.05, 0) is 43.3 Å². The molecule has 1 aliphatic rings. The van der Waals surface area contributed by atoms with Crippen molar-refractivity contribution < 1.29 is 19.1 Å². The molecule has 0 atom stereocenters. The zero-order valence-corrected chi connectivity index (χ0v) is 16.8. The molecule has 152 valence electrons. The summed E-state index contributed by atoms with van der Waals surface area (Å²) in [4.78, 5) is 38.6. The van der Waals surface area contributed by atoms with Gasteiger partial charge >= 0.3 is 5.97 Å². The van der Waals surface area contributed by atoms with Crippen molar-refractivity contribution in [2.75, 3.05) is 31.5 Å². The molecule has 0 saturated carbocycles. The molecule has 2 amide bonds. The molecule has 1 saturated heterocycles. The number of para-hydroxylation sites is 1. The van der Waals surface area contributed by atoms with E-state index in [4.69, 9.17) is 16.3 Å². The van der Waals surface area contributed by atoms with Gasteiger partial charge in [0.15, 0.2) is 0 Å². The predicted octanol–water partition coefficient (Wildman–Crippen LogP) is 2.95. The topological polar surface area (TPSA) is 87.7 Å². The molecule has 3 rings (SSSR count). The number of benzene rings is 2. The Balaban J connectivity index is 1.81. The molecule has 0 aromatic heterocycles. The lowest BCUT2D eigenvalue weighted by molar-refractivity contribution is -0.131. The molecule has 0 radical (unpaired) electrons. The second-order valence-corrected chi connectivity index (χ2v) is 7.04. The van der Waals surface area contributed by atoms with Gasteiger partial charge in [-0.15, -0.1) is 0 Å². The normalized spacial score (nSPS) is 14.1. The third kappa shape index (κ3) is 5.34. The van der Waals surface area contributed by atoms with E-state index in [0.29, 0.717) is 29.4 Å². The van der Waals surface area contributed by atoms with Crippen LogP contribution >= 0.6 is 11.6 Å². The minimum atomic E-state index is -0.525. The number of halogens is 1. The van der Waals surface area contributed by atoms with Gasteiger partial charge < -0.3 is 20.3 Å². The Hall–Kier alpha value is -2.90. The number of esters is 1. The summed E-state index contributed by atoms with van der Waals surface area (Å²) in [6, 6.07) is 11.2. The van der Waals surface area contributed by atoms with E-state index < -0.39 is 11.9 Å². The Labute approximate surface area is 174 Å². The molecular weight excluding hydrogens is 394 g/mol. The number of amides is 2. The number of nitrogens with one attached hydrogen (secondary N) is 2. The Morgan fingerprint density at radius 2 is 1.90 bits per heavy atom. The zero-order valence-electron chi connectivity index (χ0n) is 16.0. The van der Waals surface area contributed by atoms with Crippen LogP contribution in [0.1, 0.15) is 34.1 Å². The molecule has 0 aliphatic carbocycles. The molecule has 1 heterocycles. The summed E-state index contributed by atoms with van der Waals surface area (Å²) in [5.41, 5.74) is 0.946. The first-order chi connectivity index (χ1) is 14.0. The molecule has 29 heavy (non-hydrogen) atoms. The predicted molar refractivity (Wildman–Crippen MR) is 111 cm³/mol. The molecule has 2 N–H and O–H groups in total. The minimum Gasteiger partial charge on any atom is -0.426 e. The van der Waals surface area contributed by atoms with Crippen molar-refractivity contribution in [1.29, 1.82) is 0 Å². The van der Waals surface area contributed by atoms with Gasteiger partial charge in [0.1, 0.15) is 5.75 Å². The van der Waals surface area contributed by atoms with Crippen LogP contribution in [0, 0.1) is 0 Å². The van der Waals surface area contributed by atoms with Crippen LogP contribution in [0.3, 0.4) is 0 Å². The highest BCUT2D eigenvalue weighted by molar-refractivity contribution is 6.34. The van der Waals surface area contributed by atoms with E-state index >= 15 is 0 Å². The second-order valence-electron chi connectivity index (χ2n) is 6.63. The number of carbonyl (C=O) groups is 3. The molecule has 1 aliphatic heterocycles. The number of hydrogen-bond donors (Lipinski definition) is 2. The van der Waals surface area contributed by atoms with E-state index in [1.807, 2.05) is 0 Å². The van der Waals surface area contributed by atoms with Crippen LogP contribution < -0.4 is 15.4 Å². The molecule has 2 aromatic rings. The number of anilines is 1. The van der Waals surface area contributed by atoms with Gasteiger partial charge in [0.05, 0.1) is 16.3 Å². The van der Waals surface area contributed by atoms with Crippen molar-refractivity contribution in [3.63, 3.8) is 0 Å².